The Hall–Kier alpha value is -0.870. The van der Waals surface area contributed by atoms with E-state index in [-0.39, 0.29) is 0 Å². The van der Waals surface area contributed by atoms with E-state index in [4.69, 9.17) is 11.6 Å². The summed E-state index contributed by atoms with van der Waals surface area (Å²) in [5.41, 5.74) is 0. The van der Waals surface area contributed by atoms with Gasteiger partial charge in [0.15, 0.2) is 0 Å². The lowest BCUT2D eigenvalue weighted by Crippen LogP contribution is -2.33. The Kier molecular flexibility index (Phi) is 3.75. The van der Waals surface area contributed by atoms with Crippen LogP contribution < -0.4 is 10.6 Å². The van der Waals surface area contributed by atoms with Gasteiger partial charge in [0.2, 0.25) is 5.28 Å². The van der Waals surface area contributed by atoms with Crippen molar-refractivity contribution in [2.75, 3.05) is 25.0 Å². The van der Waals surface area contributed by atoms with Crippen LogP contribution >= 0.6 is 11.6 Å². The molecule has 2 rings (SSSR count). The molecule has 1 fully saturated rings. The van der Waals surface area contributed by atoms with Crippen molar-refractivity contribution in [1.29, 1.82) is 0 Å². The largest absolute Gasteiger partial charge is 0.370 e. The molecule has 1 saturated heterocycles. The van der Waals surface area contributed by atoms with Gasteiger partial charge in [-0.1, -0.05) is 0 Å². The van der Waals surface area contributed by atoms with Gasteiger partial charge in [-0.05, 0) is 49.5 Å². The van der Waals surface area contributed by atoms with E-state index in [2.05, 4.69) is 20.6 Å². The molecule has 0 amide bonds. The predicted octanol–water partition coefficient (Wildman–Crippen LogP) is 1.54. The monoisotopic (exact) mass is 226 g/mol. The lowest BCUT2D eigenvalue weighted by molar-refractivity contribution is 0.392. The van der Waals surface area contributed by atoms with E-state index >= 15 is 0 Å². The fourth-order valence-corrected chi connectivity index (χ4v) is 1.93. The van der Waals surface area contributed by atoms with Crippen LogP contribution in [-0.4, -0.2) is 29.6 Å². The van der Waals surface area contributed by atoms with Gasteiger partial charge < -0.3 is 10.6 Å². The van der Waals surface area contributed by atoms with Gasteiger partial charge in [0, 0.05) is 12.7 Å². The first-order valence-electron chi connectivity index (χ1n) is 5.28. The van der Waals surface area contributed by atoms with Crippen molar-refractivity contribution in [1.82, 2.24) is 15.3 Å². The van der Waals surface area contributed by atoms with Gasteiger partial charge in [-0.15, -0.1) is 0 Å². The van der Waals surface area contributed by atoms with Gasteiger partial charge in [0.05, 0.1) is 0 Å². The number of rotatable bonds is 3. The summed E-state index contributed by atoms with van der Waals surface area (Å²) in [5, 5.41) is 6.96. The Balaban J connectivity index is 1.81. The molecule has 82 valence electrons. The molecule has 2 heterocycles. The highest BCUT2D eigenvalue weighted by Gasteiger charge is 2.12. The minimum Gasteiger partial charge on any atom is -0.370 e. The molecule has 15 heavy (non-hydrogen) atoms. The molecular weight excluding hydrogens is 212 g/mol. The molecule has 1 aromatic heterocycles. The molecule has 0 bridgehead atoms. The van der Waals surface area contributed by atoms with Crippen molar-refractivity contribution in [3.05, 3.63) is 17.5 Å². The van der Waals surface area contributed by atoms with Crippen molar-refractivity contribution in [2.45, 2.75) is 12.8 Å². The minimum atomic E-state index is 0.293. The van der Waals surface area contributed by atoms with Gasteiger partial charge in [-0.3, -0.25) is 0 Å². The third-order valence-electron chi connectivity index (χ3n) is 2.60. The highest BCUT2D eigenvalue weighted by molar-refractivity contribution is 6.28. The maximum atomic E-state index is 5.69. The summed E-state index contributed by atoms with van der Waals surface area (Å²) in [6, 6.07) is 1.84. The smallest absolute Gasteiger partial charge is 0.224 e. The molecule has 4 nitrogen and oxygen atoms in total. The number of hydrogen-bond donors (Lipinski definition) is 2. The van der Waals surface area contributed by atoms with Crippen LogP contribution in [0.25, 0.3) is 0 Å². The maximum Gasteiger partial charge on any atom is 0.224 e. The van der Waals surface area contributed by atoms with Crippen LogP contribution in [0.1, 0.15) is 12.8 Å². The lowest BCUT2D eigenvalue weighted by atomic mass is 10.00. The number of halogens is 1. The summed E-state index contributed by atoms with van der Waals surface area (Å²) in [5.74, 6) is 1.49. The van der Waals surface area contributed by atoms with Crippen molar-refractivity contribution >= 4 is 17.4 Å². The second-order valence-corrected chi connectivity index (χ2v) is 4.14. The van der Waals surface area contributed by atoms with E-state index in [0.29, 0.717) is 11.2 Å². The molecule has 2 N–H and O–H groups in total. The van der Waals surface area contributed by atoms with Gasteiger partial charge in [0.25, 0.3) is 0 Å². The van der Waals surface area contributed by atoms with Gasteiger partial charge in [0.1, 0.15) is 5.82 Å². The third-order valence-corrected chi connectivity index (χ3v) is 2.78. The molecule has 1 aliphatic rings. The summed E-state index contributed by atoms with van der Waals surface area (Å²) < 4.78 is 0. The number of hydrogen-bond acceptors (Lipinski definition) is 4. The van der Waals surface area contributed by atoms with Gasteiger partial charge in [-0.25, -0.2) is 9.97 Å². The first-order chi connectivity index (χ1) is 7.34. The third kappa shape index (κ3) is 3.32. The molecular formula is C10H15ClN4. The zero-order valence-electron chi connectivity index (χ0n) is 8.54. The molecule has 0 saturated carbocycles. The van der Waals surface area contributed by atoms with Crippen molar-refractivity contribution < 1.29 is 0 Å². The standard InChI is InChI=1S/C10H15ClN4/c11-10-13-5-3-9(15-10)14-7-8-2-1-4-12-6-8/h3,5,8,12H,1-2,4,6-7H2,(H,13,14,15)/t8-/m0/s1. The molecule has 0 unspecified atom stereocenters. The molecule has 1 aromatic rings. The van der Waals surface area contributed by atoms with Crippen LogP contribution in [-0.2, 0) is 0 Å². The Bertz CT molecular complexity index is 312. The lowest BCUT2D eigenvalue weighted by Gasteiger charge is -2.22. The van der Waals surface area contributed by atoms with Crippen LogP contribution in [0.5, 0.6) is 0 Å². The van der Waals surface area contributed by atoms with E-state index in [1.807, 2.05) is 6.07 Å². The number of aromatic nitrogens is 2. The highest BCUT2D eigenvalue weighted by Crippen LogP contribution is 2.12. The fraction of sp³-hybridized carbons (Fsp3) is 0.600. The summed E-state index contributed by atoms with van der Waals surface area (Å²) >= 11 is 5.69. The SMILES string of the molecule is Clc1nccc(NC[C@H]2CCCNC2)n1. The van der Waals surface area contributed by atoms with E-state index in [1.54, 1.807) is 6.20 Å². The zero-order valence-corrected chi connectivity index (χ0v) is 9.30. The van der Waals surface area contributed by atoms with E-state index in [1.165, 1.54) is 12.8 Å². The zero-order chi connectivity index (χ0) is 10.5. The molecule has 0 spiro atoms. The Labute approximate surface area is 94.5 Å². The molecule has 0 radical (unpaired) electrons. The number of nitrogens with one attached hydrogen (secondary N) is 2. The molecule has 1 aliphatic heterocycles. The van der Waals surface area contributed by atoms with Crippen molar-refractivity contribution in [2.24, 2.45) is 5.92 Å². The minimum absolute atomic E-state index is 0.293. The first-order valence-corrected chi connectivity index (χ1v) is 5.65. The van der Waals surface area contributed by atoms with Gasteiger partial charge in [-0.2, -0.15) is 0 Å². The first kappa shape index (κ1) is 10.6. The summed E-state index contributed by atoms with van der Waals surface area (Å²) in [4.78, 5) is 7.92. The van der Waals surface area contributed by atoms with Crippen LogP contribution in [0.4, 0.5) is 5.82 Å². The van der Waals surface area contributed by atoms with Crippen molar-refractivity contribution in [3.8, 4) is 0 Å². The molecule has 0 aromatic carbocycles. The predicted molar refractivity (Wildman–Crippen MR) is 61.1 cm³/mol. The number of nitrogens with zero attached hydrogens (tertiary/aromatic N) is 2. The van der Waals surface area contributed by atoms with E-state index in [9.17, 15) is 0 Å². The van der Waals surface area contributed by atoms with Crippen molar-refractivity contribution in [3.63, 3.8) is 0 Å². The Morgan fingerprint density at radius 3 is 3.27 bits per heavy atom. The summed E-state index contributed by atoms with van der Waals surface area (Å²) in [6.07, 6.45) is 4.20. The average molecular weight is 227 g/mol. The summed E-state index contributed by atoms with van der Waals surface area (Å²) in [6.45, 7) is 3.18. The normalized spacial score (nSPS) is 21.3. The fourth-order valence-electron chi connectivity index (χ4n) is 1.78. The second kappa shape index (κ2) is 5.28. The van der Waals surface area contributed by atoms with Crippen LogP contribution in [0.15, 0.2) is 12.3 Å². The van der Waals surface area contributed by atoms with E-state index in [0.717, 1.165) is 25.5 Å². The van der Waals surface area contributed by atoms with Crippen LogP contribution in [0, 0.1) is 5.92 Å². The quantitative estimate of drug-likeness (QED) is 0.768. The maximum absolute atomic E-state index is 5.69. The average Bonchev–Trinajstić information content (AvgIpc) is 2.28. The second-order valence-electron chi connectivity index (χ2n) is 3.80. The van der Waals surface area contributed by atoms with Gasteiger partial charge >= 0.3 is 0 Å². The highest BCUT2D eigenvalue weighted by atomic mass is 35.5. The molecule has 1 atom stereocenters. The molecule has 0 aliphatic carbocycles. The Morgan fingerprint density at radius 1 is 1.60 bits per heavy atom. The van der Waals surface area contributed by atoms with E-state index < -0.39 is 0 Å². The Morgan fingerprint density at radius 2 is 2.53 bits per heavy atom. The number of piperidine rings is 1. The summed E-state index contributed by atoms with van der Waals surface area (Å²) in [7, 11) is 0. The van der Waals surface area contributed by atoms with Crippen LogP contribution in [0.2, 0.25) is 5.28 Å². The topological polar surface area (TPSA) is 49.8 Å². The number of anilines is 1. The molecule has 5 heteroatoms. The van der Waals surface area contributed by atoms with Crippen LogP contribution in [0.3, 0.4) is 0 Å².